The molecule has 1 nitrogen and oxygen atoms in total. The number of rotatable bonds is 6. The summed E-state index contributed by atoms with van der Waals surface area (Å²) in [7, 11) is 0. The third-order valence-corrected chi connectivity index (χ3v) is 1.88. The summed E-state index contributed by atoms with van der Waals surface area (Å²) in [4.78, 5) is 0. The molecule has 0 aromatic carbocycles. The van der Waals surface area contributed by atoms with Crippen molar-refractivity contribution < 1.29 is 5.11 Å². The Morgan fingerprint density at radius 3 is 2.64 bits per heavy atom. The number of allylic oxidation sites excluding steroid dienone is 2. The molecule has 0 amide bonds. The Balaban J connectivity index is 3.28. The van der Waals surface area contributed by atoms with E-state index in [1.807, 2.05) is 0 Å². The van der Waals surface area contributed by atoms with Gasteiger partial charge in [-0.25, -0.2) is 0 Å². The van der Waals surface area contributed by atoms with Crippen LogP contribution in [-0.4, -0.2) is 11.2 Å². The summed E-state index contributed by atoms with van der Waals surface area (Å²) in [6, 6.07) is 0. The van der Waals surface area contributed by atoms with Gasteiger partial charge in [0.25, 0.3) is 0 Å². The topological polar surface area (TPSA) is 20.2 Å². The highest BCUT2D eigenvalue weighted by Gasteiger charge is 1.86. The summed E-state index contributed by atoms with van der Waals surface area (Å²) in [5, 5.41) is 8.93. The van der Waals surface area contributed by atoms with E-state index in [0.29, 0.717) is 6.42 Å². The second-order valence-corrected chi connectivity index (χ2v) is 3.58. The fourth-order valence-corrected chi connectivity index (χ4v) is 1.06. The van der Waals surface area contributed by atoms with Gasteiger partial charge in [-0.1, -0.05) is 37.8 Å². The van der Waals surface area contributed by atoms with Crippen molar-refractivity contribution in [2.75, 3.05) is 0 Å². The highest BCUT2D eigenvalue weighted by atomic mass is 16.3. The van der Waals surface area contributed by atoms with Crippen molar-refractivity contribution in [3.05, 3.63) is 12.2 Å². The Kier molecular flexibility index (Phi) is 9.79. The highest BCUT2D eigenvalue weighted by Crippen LogP contribution is 1.99. The second kappa shape index (κ2) is 10.3. The first-order valence-corrected chi connectivity index (χ1v) is 5.56. The summed E-state index contributed by atoms with van der Waals surface area (Å²) in [6.07, 6.45) is 10.5. The minimum atomic E-state index is -0.295. The molecule has 0 bridgehead atoms. The van der Waals surface area contributed by atoms with E-state index < -0.39 is 0 Å². The minimum Gasteiger partial charge on any atom is -0.392 e. The average Bonchev–Trinajstić information content (AvgIpc) is 2.15. The molecular formula is C13H22O. The first-order valence-electron chi connectivity index (χ1n) is 5.56. The van der Waals surface area contributed by atoms with E-state index in [1.54, 1.807) is 6.92 Å². The van der Waals surface area contributed by atoms with Crippen LogP contribution in [0.15, 0.2) is 12.2 Å². The normalized spacial score (nSPS) is 12.5. The van der Waals surface area contributed by atoms with Crippen molar-refractivity contribution in [1.82, 2.24) is 0 Å². The maximum Gasteiger partial charge on any atom is 0.0621 e. The number of unbranched alkanes of at least 4 members (excludes halogenated alkanes) is 3. The predicted octanol–water partition coefficient (Wildman–Crippen LogP) is 3.29. The van der Waals surface area contributed by atoms with E-state index in [4.69, 9.17) is 5.11 Å². The van der Waals surface area contributed by atoms with Gasteiger partial charge in [-0.15, -0.1) is 5.92 Å². The molecule has 0 aliphatic heterocycles. The van der Waals surface area contributed by atoms with E-state index in [0.717, 1.165) is 6.42 Å². The molecule has 0 fully saturated rings. The summed E-state index contributed by atoms with van der Waals surface area (Å²) in [5.41, 5.74) is 0. The zero-order valence-electron chi connectivity index (χ0n) is 9.42. The molecule has 0 aliphatic carbocycles. The Bertz CT molecular complexity index is 193. The van der Waals surface area contributed by atoms with Crippen molar-refractivity contribution in [3.63, 3.8) is 0 Å². The molecule has 80 valence electrons. The summed E-state index contributed by atoms with van der Waals surface area (Å²) in [6.45, 7) is 3.97. The molecule has 0 rings (SSSR count). The van der Waals surface area contributed by atoms with E-state index in [1.165, 1.54) is 25.7 Å². The van der Waals surface area contributed by atoms with Crippen LogP contribution >= 0.6 is 0 Å². The van der Waals surface area contributed by atoms with Gasteiger partial charge in [0.2, 0.25) is 0 Å². The third kappa shape index (κ3) is 11.3. The molecule has 1 heteroatoms. The van der Waals surface area contributed by atoms with Crippen LogP contribution in [0.4, 0.5) is 0 Å². The standard InChI is InChI=1S/C13H22O/c1-3-4-5-6-7-8-9-10-11-12-13(2)14/h7-8,13-14H,3-6,9,12H2,1-2H3/b8-7+. The maximum absolute atomic E-state index is 8.93. The van der Waals surface area contributed by atoms with Crippen LogP contribution in [0.1, 0.15) is 52.4 Å². The van der Waals surface area contributed by atoms with E-state index >= 15 is 0 Å². The molecule has 1 atom stereocenters. The molecule has 0 aromatic rings. The molecule has 14 heavy (non-hydrogen) atoms. The fourth-order valence-electron chi connectivity index (χ4n) is 1.06. The highest BCUT2D eigenvalue weighted by molar-refractivity contribution is 5.05. The van der Waals surface area contributed by atoms with Crippen molar-refractivity contribution in [2.45, 2.75) is 58.5 Å². The van der Waals surface area contributed by atoms with Crippen molar-refractivity contribution >= 4 is 0 Å². The van der Waals surface area contributed by atoms with Crippen molar-refractivity contribution in [1.29, 1.82) is 0 Å². The Hall–Kier alpha value is -0.740. The first kappa shape index (κ1) is 13.3. The quantitative estimate of drug-likeness (QED) is 0.391. The zero-order valence-corrected chi connectivity index (χ0v) is 9.42. The molecule has 0 radical (unpaired) electrons. The lowest BCUT2D eigenvalue weighted by molar-refractivity contribution is 0.201. The van der Waals surface area contributed by atoms with Gasteiger partial charge in [0, 0.05) is 12.8 Å². The molecule has 1 N–H and O–H groups in total. The van der Waals surface area contributed by atoms with E-state index in [2.05, 4.69) is 30.9 Å². The average molecular weight is 194 g/mol. The van der Waals surface area contributed by atoms with Gasteiger partial charge in [-0.2, -0.15) is 0 Å². The van der Waals surface area contributed by atoms with Gasteiger partial charge in [-0.05, 0) is 19.8 Å². The SMILES string of the molecule is CCCCC/C=C/CC#CCC(C)O. The van der Waals surface area contributed by atoms with Crippen molar-refractivity contribution in [3.8, 4) is 11.8 Å². The predicted molar refractivity (Wildman–Crippen MR) is 62.0 cm³/mol. The lowest BCUT2D eigenvalue weighted by Gasteiger charge is -1.92. The van der Waals surface area contributed by atoms with E-state index in [9.17, 15) is 0 Å². The van der Waals surface area contributed by atoms with Crippen LogP contribution in [0.25, 0.3) is 0 Å². The van der Waals surface area contributed by atoms with Crippen LogP contribution in [0.2, 0.25) is 0 Å². The minimum absolute atomic E-state index is 0.295. The van der Waals surface area contributed by atoms with E-state index in [-0.39, 0.29) is 6.10 Å². The van der Waals surface area contributed by atoms with Crippen LogP contribution in [0.5, 0.6) is 0 Å². The zero-order chi connectivity index (χ0) is 10.6. The molecule has 0 aromatic heterocycles. The molecule has 0 heterocycles. The van der Waals surface area contributed by atoms with Gasteiger partial charge < -0.3 is 5.11 Å². The molecule has 0 spiro atoms. The third-order valence-electron chi connectivity index (χ3n) is 1.88. The summed E-state index contributed by atoms with van der Waals surface area (Å²) >= 11 is 0. The van der Waals surface area contributed by atoms with Gasteiger partial charge >= 0.3 is 0 Å². The maximum atomic E-state index is 8.93. The Morgan fingerprint density at radius 2 is 2.00 bits per heavy atom. The Labute approximate surface area is 88.2 Å². The Morgan fingerprint density at radius 1 is 1.21 bits per heavy atom. The molecule has 1 unspecified atom stereocenters. The summed E-state index contributed by atoms with van der Waals surface area (Å²) < 4.78 is 0. The lowest BCUT2D eigenvalue weighted by atomic mass is 10.2. The van der Waals surface area contributed by atoms with Crippen LogP contribution in [0.3, 0.4) is 0 Å². The summed E-state index contributed by atoms with van der Waals surface area (Å²) in [5.74, 6) is 5.95. The monoisotopic (exact) mass is 194 g/mol. The molecule has 0 saturated heterocycles. The second-order valence-electron chi connectivity index (χ2n) is 3.58. The van der Waals surface area contributed by atoms with Crippen molar-refractivity contribution in [2.24, 2.45) is 0 Å². The molecule has 0 saturated carbocycles. The van der Waals surface area contributed by atoms with Gasteiger partial charge in [0.15, 0.2) is 0 Å². The van der Waals surface area contributed by atoms with Crippen LogP contribution < -0.4 is 0 Å². The molecular weight excluding hydrogens is 172 g/mol. The van der Waals surface area contributed by atoms with Gasteiger partial charge in [-0.3, -0.25) is 0 Å². The number of aliphatic hydroxyl groups excluding tert-OH is 1. The fraction of sp³-hybridized carbons (Fsp3) is 0.692. The van der Waals surface area contributed by atoms with Crippen LogP contribution in [0, 0.1) is 11.8 Å². The number of hydrogen-bond acceptors (Lipinski definition) is 1. The van der Waals surface area contributed by atoms with Gasteiger partial charge in [0.1, 0.15) is 0 Å². The largest absolute Gasteiger partial charge is 0.392 e. The van der Waals surface area contributed by atoms with Crippen LogP contribution in [-0.2, 0) is 0 Å². The van der Waals surface area contributed by atoms with Gasteiger partial charge in [0.05, 0.1) is 6.10 Å². The number of hydrogen-bond donors (Lipinski definition) is 1. The number of aliphatic hydroxyl groups is 1. The molecule has 0 aliphatic rings. The smallest absolute Gasteiger partial charge is 0.0621 e. The first-order chi connectivity index (χ1) is 6.77. The lowest BCUT2D eigenvalue weighted by Crippen LogP contribution is -1.95.